The van der Waals surface area contributed by atoms with Crippen molar-refractivity contribution in [2.24, 2.45) is 5.73 Å². The largest absolute Gasteiger partial charge is 0.327 e. The quantitative estimate of drug-likeness (QED) is 0.906. The molecule has 2 rings (SSSR count). The van der Waals surface area contributed by atoms with Gasteiger partial charge in [0.2, 0.25) is 0 Å². The summed E-state index contributed by atoms with van der Waals surface area (Å²) in [5.41, 5.74) is 7.10. The van der Waals surface area contributed by atoms with Crippen molar-refractivity contribution in [2.75, 3.05) is 0 Å². The molecule has 1 aromatic carbocycles. The maximum absolute atomic E-state index is 12.7. The maximum atomic E-state index is 12.7. The Labute approximate surface area is 116 Å². The molecule has 0 radical (unpaired) electrons. The molecule has 1 saturated carbocycles. The van der Waals surface area contributed by atoms with Crippen LogP contribution in [0.3, 0.4) is 0 Å². The zero-order valence-corrected chi connectivity index (χ0v) is 12.3. The Kier molecular flexibility index (Phi) is 4.63. The number of rotatable bonds is 2. The first-order chi connectivity index (χ1) is 9.01. The molecule has 2 N–H and O–H groups in total. The van der Waals surface area contributed by atoms with Gasteiger partial charge in [0.25, 0.3) is 0 Å². The van der Waals surface area contributed by atoms with Crippen LogP contribution in [0.15, 0.2) is 29.2 Å². The number of benzene rings is 1. The van der Waals surface area contributed by atoms with Crippen LogP contribution >= 0.6 is 0 Å². The normalized spacial score (nSPS) is 25.6. The van der Waals surface area contributed by atoms with Crippen molar-refractivity contribution in [3.63, 3.8) is 0 Å². The highest BCUT2D eigenvalue weighted by atomic mass is 32.2. The molecule has 1 fully saturated rings. The standard InChI is InChI=1S/C15H23NO2S/c1-12-7-6-8-13(11-12)19(17,18)15-10-5-3-2-4-9-14(15)16/h6-8,11,14-15H,2-5,9-10,16H2,1H3. The van der Waals surface area contributed by atoms with E-state index in [0.717, 1.165) is 31.2 Å². The second-order valence-corrected chi connectivity index (χ2v) is 7.72. The van der Waals surface area contributed by atoms with Crippen LogP contribution in [0.5, 0.6) is 0 Å². The minimum Gasteiger partial charge on any atom is -0.327 e. The fourth-order valence-corrected chi connectivity index (χ4v) is 4.87. The summed E-state index contributed by atoms with van der Waals surface area (Å²) in [6.45, 7) is 1.91. The number of nitrogens with two attached hydrogens (primary N) is 1. The summed E-state index contributed by atoms with van der Waals surface area (Å²) in [6.07, 6.45) is 5.80. The average Bonchev–Trinajstić information content (AvgIpc) is 2.34. The first-order valence-electron chi connectivity index (χ1n) is 7.08. The van der Waals surface area contributed by atoms with Crippen LogP contribution in [0.2, 0.25) is 0 Å². The highest BCUT2D eigenvalue weighted by Gasteiger charge is 2.32. The van der Waals surface area contributed by atoms with Gasteiger partial charge in [-0.1, -0.05) is 37.8 Å². The number of sulfone groups is 1. The van der Waals surface area contributed by atoms with Gasteiger partial charge in [0.15, 0.2) is 9.84 Å². The Morgan fingerprint density at radius 3 is 2.47 bits per heavy atom. The van der Waals surface area contributed by atoms with Gasteiger partial charge in [0.05, 0.1) is 10.1 Å². The Morgan fingerprint density at radius 1 is 1.11 bits per heavy atom. The first kappa shape index (κ1) is 14.5. The molecule has 0 saturated heterocycles. The van der Waals surface area contributed by atoms with Gasteiger partial charge in [0, 0.05) is 6.04 Å². The van der Waals surface area contributed by atoms with Crippen molar-refractivity contribution in [1.82, 2.24) is 0 Å². The second kappa shape index (κ2) is 6.06. The fraction of sp³-hybridized carbons (Fsp3) is 0.600. The van der Waals surface area contributed by atoms with Crippen molar-refractivity contribution in [1.29, 1.82) is 0 Å². The van der Waals surface area contributed by atoms with E-state index in [0.29, 0.717) is 11.3 Å². The fourth-order valence-electron chi connectivity index (χ4n) is 2.83. The summed E-state index contributed by atoms with van der Waals surface area (Å²) in [5, 5.41) is -0.422. The average molecular weight is 281 g/mol. The van der Waals surface area contributed by atoms with Crippen molar-refractivity contribution >= 4 is 9.84 Å². The van der Waals surface area contributed by atoms with Crippen LogP contribution in [-0.2, 0) is 9.84 Å². The molecule has 4 heteroatoms. The molecule has 2 atom stereocenters. The molecule has 1 aliphatic rings. The molecule has 1 aromatic rings. The molecule has 0 heterocycles. The summed E-state index contributed by atoms with van der Waals surface area (Å²) in [5.74, 6) is 0. The lowest BCUT2D eigenvalue weighted by molar-refractivity contribution is 0.444. The van der Waals surface area contributed by atoms with E-state index in [4.69, 9.17) is 5.73 Å². The number of hydrogen-bond acceptors (Lipinski definition) is 3. The molecule has 0 aromatic heterocycles. The van der Waals surface area contributed by atoms with Gasteiger partial charge in [-0.25, -0.2) is 8.42 Å². The van der Waals surface area contributed by atoms with Crippen molar-refractivity contribution in [3.05, 3.63) is 29.8 Å². The van der Waals surface area contributed by atoms with Gasteiger partial charge in [-0.15, -0.1) is 0 Å². The van der Waals surface area contributed by atoms with Crippen LogP contribution in [0.25, 0.3) is 0 Å². The predicted octanol–water partition coefficient (Wildman–Crippen LogP) is 2.82. The Balaban J connectivity index is 2.31. The molecule has 1 aliphatic carbocycles. The Hall–Kier alpha value is -0.870. The van der Waals surface area contributed by atoms with Gasteiger partial charge in [-0.3, -0.25) is 0 Å². The highest BCUT2D eigenvalue weighted by Crippen LogP contribution is 2.27. The van der Waals surface area contributed by atoms with Crippen molar-refractivity contribution in [2.45, 2.75) is 61.6 Å². The van der Waals surface area contributed by atoms with Gasteiger partial charge in [-0.05, 0) is 37.5 Å². The predicted molar refractivity (Wildman–Crippen MR) is 77.8 cm³/mol. The zero-order chi connectivity index (χ0) is 13.9. The third kappa shape index (κ3) is 3.37. The van der Waals surface area contributed by atoms with Crippen molar-refractivity contribution < 1.29 is 8.42 Å². The molecule has 19 heavy (non-hydrogen) atoms. The summed E-state index contributed by atoms with van der Waals surface area (Å²) in [4.78, 5) is 0.425. The molecule has 2 unspecified atom stereocenters. The van der Waals surface area contributed by atoms with E-state index in [1.54, 1.807) is 18.2 Å². The molecule has 3 nitrogen and oxygen atoms in total. The smallest absolute Gasteiger partial charge is 0.182 e. The Morgan fingerprint density at radius 2 is 1.79 bits per heavy atom. The number of hydrogen-bond donors (Lipinski definition) is 1. The minimum absolute atomic E-state index is 0.231. The lowest BCUT2D eigenvalue weighted by atomic mass is 9.97. The topological polar surface area (TPSA) is 60.2 Å². The highest BCUT2D eigenvalue weighted by molar-refractivity contribution is 7.92. The molecule has 0 bridgehead atoms. The summed E-state index contributed by atoms with van der Waals surface area (Å²) in [7, 11) is -3.30. The minimum atomic E-state index is -3.30. The van der Waals surface area contributed by atoms with E-state index in [2.05, 4.69) is 0 Å². The monoisotopic (exact) mass is 281 g/mol. The molecule has 0 amide bonds. The van der Waals surface area contributed by atoms with Crippen LogP contribution in [0.1, 0.15) is 44.1 Å². The van der Waals surface area contributed by atoms with Crippen molar-refractivity contribution in [3.8, 4) is 0 Å². The summed E-state index contributed by atoms with van der Waals surface area (Å²) < 4.78 is 25.5. The lowest BCUT2D eigenvalue weighted by Crippen LogP contribution is -2.41. The van der Waals surface area contributed by atoms with Gasteiger partial charge in [-0.2, -0.15) is 0 Å². The molecule has 0 spiro atoms. The van der Waals surface area contributed by atoms with E-state index < -0.39 is 15.1 Å². The van der Waals surface area contributed by atoms with Crippen LogP contribution in [0.4, 0.5) is 0 Å². The van der Waals surface area contributed by atoms with E-state index >= 15 is 0 Å². The van der Waals surface area contributed by atoms with Crippen LogP contribution in [0, 0.1) is 6.92 Å². The van der Waals surface area contributed by atoms with Crippen LogP contribution < -0.4 is 5.73 Å². The molecule has 106 valence electrons. The summed E-state index contributed by atoms with van der Waals surface area (Å²) in [6, 6.07) is 6.92. The van der Waals surface area contributed by atoms with Gasteiger partial charge < -0.3 is 5.73 Å². The van der Waals surface area contributed by atoms with E-state index in [1.165, 1.54) is 6.42 Å². The third-order valence-corrected chi connectivity index (χ3v) is 6.26. The third-order valence-electron chi connectivity index (χ3n) is 3.97. The molecular weight excluding hydrogens is 258 g/mol. The first-order valence-corrected chi connectivity index (χ1v) is 8.62. The lowest BCUT2D eigenvalue weighted by Gasteiger charge is -2.26. The van der Waals surface area contributed by atoms with Gasteiger partial charge in [0.1, 0.15) is 0 Å². The van der Waals surface area contributed by atoms with Gasteiger partial charge >= 0.3 is 0 Å². The maximum Gasteiger partial charge on any atom is 0.182 e. The second-order valence-electron chi connectivity index (χ2n) is 5.56. The Bertz CT molecular complexity index is 525. The molecular formula is C15H23NO2S. The van der Waals surface area contributed by atoms with E-state index in [9.17, 15) is 8.42 Å². The number of aryl methyl sites for hydroxylation is 1. The van der Waals surface area contributed by atoms with Crippen LogP contribution in [-0.4, -0.2) is 19.7 Å². The SMILES string of the molecule is Cc1cccc(S(=O)(=O)C2CCCCCCC2N)c1. The zero-order valence-electron chi connectivity index (χ0n) is 11.5. The molecule has 0 aliphatic heterocycles. The van der Waals surface area contributed by atoms with E-state index in [1.807, 2.05) is 13.0 Å². The van der Waals surface area contributed by atoms with E-state index in [-0.39, 0.29) is 6.04 Å². The summed E-state index contributed by atoms with van der Waals surface area (Å²) >= 11 is 0.